The summed E-state index contributed by atoms with van der Waals surface area (Å²) >= 11 is 0. The highest BCUT2D eigenvalue weighted by Gasteiger charge is 2.16. The Labute approximate surface area is 145 Å². The van der Waals surface area contributed by atoms with E-state index in [1.807, 2.05) is 18.2 Å². The van der Waals surface area contributed by atoms with Gasteiger partial charge in [0.05, 0.1) is 12.7 Å². The highest BCUT2D eigenvalue weighted by Crippen LogP contribution is 2.26. The Bertz CT molecular complexity index is 568. The topological polar surface area (TPSA) is 41.5 Å². The molecular formula is C21H29NO2. The number of aliphatic hydroxyl groups excluding tert-OH is 1. The minimum Gasteiger partial charge on any atom is -0.389 e. The van der Waals surface area contributed by atoms with E-state index in [-0.39, 0.29) is 6.10 Å². The van der Waals surface area contributed by atoms with Crippen LogP contribution in [-0.4, -0.2) is 30.9 Å². The molecule has 2 aromatic rings. The second-order valence-electron chi connectivity index (χ2n) is 6.25. The van der Waals surface area contributed by atoms with Gasteiger partial charge in [0, 0.05) is 6.54 Å². The van der Waals surface area contributed by atoms with E-state index >= 15 is 0 Å². The second-order valence-corrected chi connectivity index (χ2v) is 6.25. The summed E-state index contributed by atoms with van der Waals surface area (Å²) < 4.78 is 6.08. The molecule has 24 heavy (non-hydrogen) atoms. The summed E-state index contributed by atoms with van der Waals surface area (Å²) in [6.45, 7) is 6.05. The smallest absolute Gasteiger partial charge is 0.108 e. The zero-order chi connectivity index (χ0) is 17.2. The van der Waals surface area contributed by atoms with E-state index in [9.17, 15) is 5.11 Å². The first-order valence-electron chi connectivity index (χ1n) is 8.82. The van der Waals surface area contributed by atoms with Gasteiger partial charge in [-0.05, 0) is 31.0 Å². The third-order valence-electron chi connectivity index (χ3n) is 4.02. The quantitative estimate of drug-likeness (QED) is 0.651. The molecule has 0 fully saturated rings. The van der Waals surface area contributed by atoms with E-state index in [1.54, 1.807) is 0 Å². The Kier molecular flexibility index (Phi) is 7.96. The standard InChI is InChI=1S/C21H29NO2/c1-3-4-14-22-15-20(23)16-24-21(18-8-6-5-7-9-18)19-12-10-17(2)11-13-19/h5-13,20-23H,3-4,14-16H2,1-2H3/t20-,21+/m1/s1. The number of unbranched alkanes of at least 4 members (excludes halogenated alkanes) is 1. The van der Waals surface area contributed by atoms with E-state index in [0.717, 1.165) is 30.5 Å². The lowest BCUT2D eigenvalue weighted by Gasteiger charge is -2.21. The van der Waals surface area contributed by atoms with Gasteiger partial charge in [0.1, 0.15) is 6.10 Å². The maximum Gasteiger partial charge on any atom is 0.108 e. The molecule has 0 aliphatic rings. The molecule has 3 heteroatoms. The second kappa shape index (κ2) is 10.2. The van der Waals surface area contributed by atoms with Gasteiger partial charge < -0.3 is 15.2 Å². The number of rotatable bonds is 10. The molecule has 0 bridgehead atoms. The van der Waals surface area contributed by atoms with Crippen LogP contribution in [0.4, 0.5) is 0 Å². The van der Waals surface area contributed by atoms with Gasteiger partial charge in [-0.15, -0.1) is 0 Å². The van der Waals surface area contributed by atoms with Crippen LogP contribution in [0.5, 0.6) is 0 Å². The highest BCUT2D eigenvalue weighted by atomic mass is 16.5. The average molecular weight is 327 g/mol. The molecule has 0 spiro atoms. The van der Waals surface area contributed by atoms with Crippen molar-refractivity contribution in [3.63, 3.8) is 0 Å². The number of ether oxygens (including phenoxy) is 1. The zero-order valence-corrected chi connectivity index (χ0v) is 14.7. The Hall–Kier alpha value is -1.68. The molecule has 0 aromatic heterocycles. The third-order valence-corrected chi connectivity index (χ3v) is 4.02. The summed E-state index contributed by atoms with van der Waals surface area (Å²) in [6.07, 6.45) is 1.63. The van der Waals surface area contributed by atoms with E-state index in [1.165, 1.54) is 5.56 Å². The summed E-state index contributed by atoms with van der Waals surface area (Å²) in [7, 11) is 0. The largest absolute Gasteiger partial charge is 0.389 e. The molecule has 3 nitrogen and oxygen atoms in total. The van der Waals surface area contributed by atoms with Crippen LogP contribution in [0.3, 0.4) is 0 Å². The molecule has 0 saturated carbocycles. The highest BCUT2D eigenvalue weighted by molar-refractivity contribution is 5.31. The first-order valence-corrected chi connectivity index (χ1v) is 8.82. The van der Waals surface area contributed by atoms with Gasteiger partial charge in [-0.1, -0.05) is 73.5 Å². The molecule has 0 amide bonds. The fourth-order valence-corrected chi connectivity index (χ4v) is 2.59. The molecule has 0 heterocycles. The molecule has 2 N–H and O–H groups in total. The average Bonchev–Trinajstić information content (AvgIpc) is 2.61. The SMILES string of the molecule is CCCCNC[C@@H](O)CO[C@@H](c1ccccc1)c1ccc(C)cc1. The molecule has 0 radical (unpaired) electrons. The molecule has 2 aromatic carbocycles. The lowest BCUT2D eigenvalue weighted by atomic mass is 10.0. The molecular weight excluding hydrogens is 298 g/mol. The van der Waals surface area contributed by atoms with Crippen LogP contribution in [0, 0.1) is 6.92 Å². The van der Waals surface area contributed by atoms with Crippen molar-refractivity contribution in [2.45, 2.75) is 38.9 Å². The third kappa shape index (κ3) is 6.08. The van der Waals surface area contributed by atoms with Crippen molar-refractivity contribution in [2.75, 3.05) is 19.7 Å². The van der Waals surface area contributed by atoms with E-state index < -0.39 is 6.10 Å². The van der Waals surface area contributed by atoms with Crippen molar-refractivity contribution in [3.05, 3.63) is 71.3 Å². The summed E-state index contributed by atoms with van der Waals surface area (Å²) in [4.78, 5) is 0. The zero-order valence-electron chi connectivity index (χ0n) is 14.7. The van der Waals surface area contributed by atoms with Crippen molar-refractivity contribution >= 4 is 0 Å². The molecule has 130 valence electrons. The first-order chi connectivity index (χ1) is 11.7. The number of hydrogen-bond donors (Lipinski definition) is 2. The van der Waals surface area contributed by atoms with Crippen LogP contribution in [-0.2, 0) is 4.74 Å². The fourth-order valence-electron chi connectivity index (χ4n) is 2.59. The van der Waals surface area contributed by atoms with Crippen molar-refractivity contribution in [3.8, 4) is 0 Å². The van der Waals surface area contributed by atoms with Gasteiger partial charge in [-0.25, -0.2) is 0 Å². The van der Waals surface area contributed by atoms with E-state index in [4.69, 9.17) is 4.74 Å². The van der Waals surface area contributed by atoms with Crippen molar-refractivity contribution in [1.82, 2.24) is 5.32 Å². The van der Waals surface area contributed by atoms with E-state index in [2.05, 4.69) is 55.6 Å². The predicted molar refractivity (Wildman–Crippen MR) is 99.2 cm³/mol. The van der Waals surface area contributed by atoms with Gasteiger partial charge in [0.25, 0.3) is 0 Å². The van der Waals surface area contributed by atoms with E-state index in [0.29, 0.717) is 13.2 Å². The molecule has 0 saturated heterocycles. The van der Waals surface area contributed by atoms with Gasteiger partial charge >= 0.3 is 0 Å². The molecule has 2 atom stereocenters. The Morgan fingerprint density at radius 3 is 2.33 bits per heavy atom. The summed E-state index contributed by atoms with van der Waals surface area (Å²) in [5, 5.41) is 13.4. The van der Waals surface area contributed by atoms with Gasteiger partial charge in [-0.2, -0.15) is 0 Å². The summed E-state index contributed by atoms with van der Waals surface area (Å²) in [5.74, 6) is 0. The number of aliphatic hydroxyl groups is 1. The van der Waals surface area contributed by atoms with Crippen LogP contribution in [0.25, 0.3) is 0 Å². The molecule has 0 aliphatic carbocycles. The van der Waals surface area contributed by atoms with Crippen molar-refractivity contribution < 1.29 is 9.84 Å². The minimum atomic E-state index is -0.501. The molecule has 0 unspecified atom stereocenters. The van der Waals surface area contributed by atoms with Gasteiger partial charge in [0.15, 0.2) is 0 Å². The van der Waals surface area contributed by atoms with Crippen LogP contribution < -0.4 is 5.32 Å². The normalized spacial score (nSPS) is 13.6. The Morgan fingerprint density at radius 1 is 1.00 bits per heavy atom. The first kappa shape index (κ1) is 18.7. The molecule has 2 rings (SSSR count). The number of nitrogens with one attached hydrogen (secondary N) is 1. The number of aryl methyl sites for hydroxylation is 1. The monoisotopic (exact) mass is 327 g/mol. The van der Waals surface area contributed by atoms with Gasteiger partial charge in [-0.3, -0.25) is 0 Å². The predicted octanol–water partition coefficient (Wildman–Crippen LogP) is 3.85. The number of benzene rings is 2. The van der Waals surface area contributed by atoms with Crippen LogP contribution in [0.15, 0.2) is 54.6 Å². The fraction of sp³-hybridized carbons (Fsp3) is 0.429. The summed E-state index contributed by atoms with van der Waals surface area (Å²) in [5.41, 5.74) is 3.44. The van der Waals surface area contributed by atoms with Crippen LogP contribution in [0.1, 0.15) is 42.6 Å². The molecule has 0 aliphatic heterocycles. The maximum absolute atomic E-state index is 10.1. The lowest BCUT2D eigenvalue weighted by molar-refractivity contribution is 0.00665. The van der Waals surface area contributed by atoms with Crippen molar-refractivity contribution in [2.24, 2.45) is 0 Å². The van der Waals surface area contributed by atoms with Crippen LogP contribution in [0.2, 0.25) is 0 Å². The Morgan fingerprint density at radius 2 is 1.67 bits per heavy atom. The van der Waals surface area contributed by atoms with Crippen LogP contribution >= 0.6 is 0 Å². The Balaban J connectivity index is 1.98. The maximum atomic E-state index is 10.1. The van der Waals surface area contributed by atoms with Gasteiger partial charge in [0.2, 0.25) is 0 Å². The summed E-state index contributed by atoms with van der Waals surface area (Å²) in [6, 6.07) is 18.5. The lowest BCUT2D eigenvalue weighted by Crippen LogP contribution is -2.31. The minimum absolute atomic E-state index is 0.155. The number of hydrogen-bond acceptors (Lipinski definition) is 3. The van der Waals surface area contributed by atoms with Crippen molar-refractivity contribution in [1.29, 1.82) is 0 Å².